The van der Waals surface area contributed by atoms with Crippen LogP contribution >= 0.6 is 0 Å². The lowest BCUT2D eigenvalue weighted by atomic mass is 10.1. The molecule has 2 aromatic heterocycles. The minimum absolute atomic E-state index is 0.0875. The SMILES string of the molecule is COc1cccc2cc(-c3nn(-c4ccccc4)cc3C=C(C#N)C(=O)N3CCCCC3)oc12. The summed E-state index contributed by atoms with van der Waals surface area (Å²) >= 11 is 0. The number of fused-ring (bicyclic) bond motifs is 1. The normalized spacial score (nSPS) is 14.2. The number of furan rings is 1. The second-order valence-corrected chi connectivity index (χ2v) is 8.23. The highest BCUT2D eigenvalue weighted by Gasteiger charge is 2.23. The van der Waals surface area contributed by atoms with Gasteiger partial charge in [-0.3, -0.25) is 4.79 Å². The van der Waals surface area contributed by atoms with Gasteiger partial charge in [0.1, 0.15) is 17.3 Å². The smallest absolute Gasteiger partial charge is 0.264 e. The van der Waals surface area contributed by atoms with Crippen molar-refractivity contribution in [2.75, 3.05) is 20.2 Å². The number of piperidine rings is 1. The molecule has 5 rings (SSSR count). The number of carbonyl (C=O) groups excluding carboxylic acids is 1. The Morgan fingerprint density at radius 1 is 1.12 bits per heavy atom. The number of para-hydroxylation sites is 2. The first-order chi connectivity index (χ1) is 16.7. The third kappa shape index (κ3) is 4.06. The number of benzene rings is 2. The number of rotatable bonds is 5. The topological polar surface area (TPSA) is 84.3 Å². The molecule has 34 heavy (non-hydrogen) atoms. The van der Waals surface area contributed by atoms with E-state index >= 15 is 0 Å². The highest BCUT2D eigenvalue weighted by atomic mass is 16.5. The number of hydrogen-bond donors (Lipinski definition) is 0. The van der Waals surface area contributed by atoms with Crippen molar-refractivity contribution in [2.24, 2.45) is 0 Å². The third-order valence-electron chi connectivity index (χ3n) is 6.02. The fourth-order valence-electron chi connectivity index (χ4n) is 4.28. The summed E-state index contributed by atoms with van der Waals surface area (Å²) in [6.45, 7) is 1.36. The van der Waals surface area contributed by atoms with Crippen LogP contribution in [0.15, 0.2) is 70.8 Å². The molecule has 3 heterocycles. The highest BCUT2D eigenvalue weighted by molar-refractivity contribution is 6.02. The van der Waals surface area contributed by atoms with Gasteiger partial charge in [-0.05, 0) is 49.6 Å². The summed E-state index contributed by atoms with van der Waals surface area (Å²) in [7, 11) is 1.60. The van der Waals surface area contributed by atoms with Crippen molar-refractivity contribution in [2.45, 2.75) is 19.3 Å². The largest absolute Gasteiger partial charge is 0.493 e. The lowest BCUT2D eigenvalue weighted by molar-refractivity contribution is -0.127. The standard InChI is InChI=1S/C27H24N4O3/c1-33-23-12-8-9-19-16-24(34-26(19)23)25-21(18-31(29-25)22-10-4-2-5-11-22)15-20(17-28)27(32)30-13-6-3-7-14-30/h2,4-5,8-12,15-16,18H,3,6-7,13-14H2,1H3. The highest BCUT2D eigenvalue weighted by Crippen LogP contribution is 2.35. The van der Waals surface area contributed by atoms with Gasteiger partial charge in [-0.2, -0.15) is 10.4 Å². The molecule has 1 fully saturated rings. The summed E-state index contributed by atoms with van der Waals surface area (Å²) in [6.07, 6.45) is 6.46. The Hall–Kier alpha value is -4.31. The van der Waals surface area contributed by atoms with E-state index in [1.807, 2.05) is 60.8 Å². The molecule has 1 aliphatic rings. The minimum Gasteiger partial charge on any atom is -0.493 e. The number of hydrogen-bond acceptors (Lipinski definition) is 5. The van der Waals surface area contributed by atoms with Crippen LogP contribution in [0.2, 0.25) is 0 Å². The molecule has 1 saturated heterocycles. The zero-order valence-corrected chi connectivity index (χ0v) is 18.9. The molecule has 4 aromatic rings. The van der Waals surface area contributed by atoms with Gasteiger partial charge in [-0.1, -0.05) is 30.3 Å². The maximum atomic E-state index is 13.1. The Bertz CT molecular complexity index is 1400. The van der Waals surface area contributed by atoms with Crippen molar-refractivity contribution in [1.29, 1.82) is 5.26 Å². The van der Waals surface area contributed by atoms with Gasteiger partial charge in [0.2, 0.25) is 0 Å². The Morgan fingerprint density at radius 2 is 1.91 bits per heavy atom. The van der Waals surface area contributed by atoms with Crippen LogP contribution in [-0.4, -0.2) is 40.8 Å². The fraction of sp³-hybridized carbons (Fsp3) is 0.222. The lowest BCUT2D eigenvalue weighted by Crippen LogP contribution is -2.36. The van der Waals surface area contributed by atoms with Crippen molar-refractivity contribution in [3.05, 3.63) is 71.9 Å². The Labute approximate surface area is 197 Å². The Balaban J connectivity index is 1.63. The van der Waals surface area contributed by atoms with Crippen LogP contribution in [-0.2, 0) is 4.79 Å². The van der Waals surface area contributed by atoms with Gasteiger partial charge < -0.3 is 14.1 Å². The molecule has 0 N–H and O–H groups in total. The Kier molecular flexibility index (Phi) is 5.88. The summed E-state index contributed by atoms with van der Waals surface area (Å²) in [5.41, 5.74) is 2.74. The van der Waals surface area contributed by atoms with Gasteiger partial charge in [0.25, 0.3) is 5.91 Å². The number of nitriles is 1. The number of ether oxygens (including phenoxy) is 1. The maximum Gasteiger partial charge on any atom is 0.264 e. The summed E-state index contributed by atoms with van der Waals surface area (Å²) in [4.78, 5) is 14.8. The van der Waals surface area contributed by atoms with Gasteiger partial charge in [0.05, 0.1) is 12.8 Å². The van der Waals surface area contributed by atoms with Crippen LogP contribution in [0, 0.1) is 11.3 Å². The lowest BCUT2D eigenvalue weighted by Gasteiger charge is -2.26. The minimum atomic E-state index is -0.244. The second-order valence-electron chi connectivity index (χ2n) is 8.23. The van der Waals surface area contributed by atoms with Crippen LogP contribution in [0.1, 0.15) is 24.8 Å². The molecule has 2 aromatic carbocycles. The second kappa shape index (κ2) is 9.28. The molecule has 170 valence electrons. The number of methoxy groups -OCH3 is 1. The van der Waals surface area contributed by atoms with Gasteiger partial charge in [0, 0.05) is 30.2 Å². The summed E-state index contributed by atoms with van der Waals surface area (Å²) < 4.78 is 13.3. The first-order valence-corrected chi connectivity index (χ1v) is 11.3. The van der Waals surface area contributed by atoms with E-state index < -0.39 is 0 Å². The molecule has 0 aliphatic carbocycles. The van der Waals surface area contributed by atoms with Crippen molar-refractivity contribution in [3.8, 4) is 29.0 Å². The molecule has 0 unspecified atom stereocenters. The van der Waals surface area contributed by atoms with Crippen molar-refractivity contribution in [1.82, 2.24) is 14.7 Å². The predicted octanol–water partition coefficient (Wildman–Crippen LogP) is 5.21. The van der Waals surface area contributed by atoms with Gasteiger partial charge in [-0.25, -0.2) is 4.68 Å². The fourth-order valence-corrected chi connectivity index (χ4v) is 4.28. The quantitative estimate of drug-likeness (QED) is 0.306. The molecular weight excluding hydrogens is 428 g/mol. The molecule has 1 aliphatic heterocycles. The molecule has 0 spiro atoms. The van der Waals surface area contributed by atoms with Crippen LogP contribution in [0.4, 0.5) is 0 Å². The number of likely N-dealkylation sites (tertiary alicyclic amines) is 1. The molecule has 0 bridgehead atoms. The van der Waals surface area contributed by atoms with Gasteiger partial charge >= 0.3 is 0 Å². The number of amides is 1. The van der Waals surface area contributed by atoms with Gasteiger partial charge in [-0.15, -0.1) is 0 Å². The van der Waals surface area contributed by atoms with Crippen molar-refractivity contribution >= 4 is 23.0 Å². The van der Waals surface area contributed by atoms with E-state index in [1.54, 1.807) is 22.8 Å². The van der Waals surface area contributed by atoms with E-state index in [-0.39, 0.29) is 11.5 Å². The number of nitrogens with zero attached hydrogens (tertiary/aromatic N) is 4. The molecule has 7 nitrogen and oxygen atoms in total. The van der Waals surface area contributed by atoms with E-state index in [1.165, 1.54) is 0 Å². The first-order valence-electron chi connectivity index (χ1n) is 11.3. The van der Waals surface area contributed by atoms with Crippen LogP contribution < -0.4 is 4.74 Å². The van der Waals surface area contributed by atoms with E-state index in [0.29, 0.717) is 41.4 Å². The third-order valence-corrected chi connectivity index (χ3v) is 6.02. The zero-order valence-electron chi connectivity index (χ0n) is 18.9. The first kappa shape index (κ1) is 21.5. The van der Waals surface area contributed by atoms with Gasteiger partial charge in [0.15, 0.2) is 17.1 Å². The average Bonchev–Trinajstić information content (AvgIpc) is 3.52. The summed E-state index contributed by atoms with van der Waals surface area (Å²) in [6, 6.07) is 19.3. The monoisotopic (exact) mass is 452 g/mol. The molecule has 1 amide bonds. The van der Waals surface area contributed by atoms with E-state index in [9.17, 15) is 10.1 Å². The van der Waals surface area contributed by atoms with E-state index in [0.717, 1.165) is 30.3 Å². The van der Waals surface area contributed by atoms with E-state index in [2.05, 4.69) is 6.07 Å². The summed E-state index contributed by atoms with van der Waals surface area (Å²) in [5.74, 6) is 0.913. The van der Waals surface area contributed by atoms with E-state index in [4.69, 9.17) is 14.3 Å². The van der Waals surface area contributed by atoms with Crippen LogP contribution in [0.3, 0.4) is 0 Å². The number of carbonyl (C=O) groups is 1. The molecular formula is C27H24N4O3. The zero-order chi connectivity index (χ0) is 23.5. The van der Waals surface area contributed by atoms with Crippen LogP contribution in [0.25, 0.3) is 34.2 Å². The molecule has 0 atom stereocenters. The average molecular weight is 453 g/mol. The van der Waals surface area contributed by atoms with Crippen molar-refractivity contribution < 1.29 is 13.9 Å². The molecule has 0 saturated carbocycles. The molecule has 0 radical (unpaired) electrons. The van der Waals surface area contributed by atoms with Crippen LogP contribution in [0.5, 0.6) is 5.75 Å². The summed E-state index contributed by atoms with van der Waals surface area (Å²) in [5, 5.41) is 15.5. The van der Waals surface area contributed by atoms with Crippen molar-refractivity contribution in [3.63, 3.8) is 0 Å². The predicted molar refractivity (Wildman–Crippen MR) is 129 cm³/mol. The Morgan fingerprint density at radius 3 is 2.65 bits per heavy atom. The molecule has 7 heteroatoms. The number of aromatic nitrogens is 2. The maximum absolute atomic E-state index is 13.1.